The zero-order valence-electron chi connectivity index (χ0n) is 16.4. The highest BCUT2D eigenvalue weighted by molar-refractivity contribution is 7.89. The van der Waals surface area contributed by atoms with Crippen molar-refractivity contribution < 1.29 is 17.6 Å². The van der Waals surface area contributed by atoms with Gasteiger partial charge in [0.1, 0.15) is 5.76 Å². The molecule has 0 saturated heterocycles. The van der Waals surface area contributed by atoms with E-state index in [2.05, 4.69) is 35.8 Å². The molecule has 148 valence electrons. The van der Waals surface area contributed by atoms with E-state index in [1.54, 1.807) is 6.92 Å². The van der Waals surface area contributed by atoms with Crippen molar-refractivity contribution in [3.05, 3.63) is 41.3 Å². The maximum atomic E-state index is 12.0. The number of nitrogens with zero attached hydrogens (tertiary/aromatic N) is 1. The van der Waals surface area contributed by atoms with E-state index in [0.717, 1.165) is 5.56 Å². The van der Waals surface area contributed by atoms with Gasteiger partial charge in [0.15, 0.2) is 0 Å². The van der Waals surface area contributed by atoms with E-state index in [-0.39, 0.29) is 30.0 Å². The molecule has 1 aromatic heterocycles. The van der Waals surface area contributed by atoms with Crippen LogP contribution < -0.4 is 10.0 Å². The number of oxazole rings is 1. The van der Waals surface area contributed by atoms with Crippen molar-refractivity contribution in [1.82, 2.24) is 15.0 Å². The van der Waals surface area contributed by atoms with Crippen molar-refractivity contribution in [1.29, 1.82) is 0 Å². The van der Waals surface area contributed by atoms with Crippen molar-refractivity contribution in [3.63, 3.8) is 0 Å². The Balaban J connectivity index is 2.02. The number of benzene rings is 1. The Morgan fingerprint density at radius 1 is 1.19 bits per heavy atom. The number of nitrogens with one attached hydrogen (secondary N) is 2. The van der Waals surface area contributed by atoms with Gasteiger partial charge in [-0.1, -0.05) is 32.9 Å². The molecule has 0 aliphatic carbocycles. The Bertz CT molecular complexity index is 894. The van der Waals surface area contributed by atoms with Crippen LogP contribution in [0.1, 0.15) is 37.8 Å². The number of carbonyl (C=O) groups is 1. The monoisotopic (exact) mass is 393 g/mol. The average Bonchev–Trinajstić information content (AvgIpc) is 2.95. The Labute approximate surface area is 160 Å². The minimum atomic E-state index is -3.34. The first-order chi connectivity index (χ1) is 12.5. The Hall–Kier alpha value is -2.19. The van der Waals surface area contributed by atoms with Crippen molar-refractivity contribution >= 4 is 15.9 Å². The van der Waals surface area contributed by atoms with Gasteiger partial charge in [0, 0.05) is 12.1 Å². The van der Waals surface area contributed by atoms with Gasteiger partial charge in [-0.3, -0.25) is 4.79 Å². The topological polar surface area (TPSA) is 101 Å². The molecule has 0 atom stereocenters. The summed E-state index contributed by atoms with van der Waals surface area (Å²) >= 11 is 0. The molecule has 7 nitrogen and oxygen atoms in total. The zero-order chi connectivity index (χ0) is 20.2. The summed E-state index contributed by atoms with van der Waals surface area (Å²) in [6.07, 6.45) is 0.0367. The van der Waals surface area contributed by atoms with Gasteiger partial charge < -0.3 is 9.73 Å². The van der Waals surface area contributed by atoms with Crippen LogP contribution in [0.3, 0.4) is 0 Å². The van der Waals surface area contributed by atoms with E-state index < -0.39 is 10.0 Å². The van der Waals surface area contributed by atoms with Crippen molar-refractivity contribution in [2.24, 2.45) is 0 Å². The quantitative estimate of drug-likeness (QED) is 0.751. The smallest absolute Gasteiger partial charge is 0.226 e. The van der Waals surface area contributed by atoms with Crippen molar-refractivity contribution in [3.8, 4) is 11.5 Å². The lowest BCUT2D eigenvalue weighted by Gasteiger charge is -2.18. The van der Waals surface area contributed by atoms with Crippen LogP contribution in [0.25, 0.3) is 11.5 Å². The van der Waals surface area contributed by atoms with Gasteiger partial charge in [0.05, 0.1) is 17.9 Å². The van der Waals surface area contributed by atoms with E-state index >= 15 is 0 Å². The number of amides is 1. The molecule has 27 heavy (non-hydrogen) atoms. The normalized spacial score (nSPS) is 12.2. The molecule has 0 bridgehead atoms. The van der Waals surface area contributed by atoms with Crippen LogP contribution in [0.5, 0.6) is 0 Å². The van der Waals surface area contributed by atoms with Crippen LogP contribution in [0.4, 0.5) is 0 Å². The minimum Gasteiger partial charge on any atom is -0.441 e. The zero-order valence-corrected chi connectivity index (χ0v) is 17.2. The molecule has 2 N–H and O–H groups in total. The fraction of sp³-hybridized carbons (Fsp3) is 0.474. The van der Waals surface area contributed by atoms with E-state index in [0.29, 0.717) is 17.3 Å². The molecular formula is C19H27N3O4S. The number of aryl methyl sites for hydroxylation is 1. The summed E-state index contributed by atoms with van der Waals surface area (Å²) in [5.41, 5.74) is 2.66. The molecule has 0 aliphatic rings. The van der Waals surface area contributed by atoms with Crippen LogP contribution in [0, 0.1) is 6.92 Å². The number of rotatable bonds is 7. The number of hydrogen-bond acceptors (Lipinski definition) is 5. The number of sulfonamides is 1. The van der Waals surface area contributed by atoms with Gasteiger partial charge in [0.25, 0.3) is 0 Å². The van der Waals surface area contributed by atoms with Crippen LogP contribution in [0.2, 0.25) is 0 Å². The summed E-state index contributed by atoms with van der Waals surface area (Å²) in [6.45, 7) is 8.25. The fourth-order valence-electron chi connectivity index (χ4n) is 2.47. The summed E-state index contributed by atoms with van der Waals surface area (Å²) in [7, 11) is -2.00. The summed E-state index contributed by atoms with van der Waals surface area (Å²) in [5, 5.41) is 2.58. The summed E-state index contributed by atoms with van der Waals surface area (Å²) in [6, 6.07) is 8.00. The lowest BCUT2D eigenvalue weighted by Crippen LogP contribution is -2.33. The van der Waals surface area contributed by atoms with Gasteiger partial charge >= 0.3 is 0 Å². The standard InChI is InChI=1S/C19H27N3O4S/c1-13-16(12-17(23)21-10-11-27(24,25)20-5)22-18(26-13)14-6-8-15(9-7-14)19(2,3)4/h6-9,20H,10-12H2,1-5H3,(H,21,23). The SMILES string of the molecule is CNS(=O)(=O)CCNC(=O)Cc1nc(-c2ccc(C(C)(C)C)cc2)oc1C. The van der Waals surface area contributed by atoms with Crippen molar-refractivity contribution in [2.45, 2.75) is 39.5 Å². The largest absolute Gasteiger partial charge is 0.441 e. The number of hydrogen-bond donors (Lipinski definition) is 2. The third-order valence-electron chi connectivity index (χ3n) is 4.22. The Kier molecular flexibility index (Phi) is 6.43. The Morgan fingerprint density at radius 2 is 1.81 bits per heavy atom. The summed E-state index contributed by atoms with van der Waals surface area (Å²) < 4.78 is 30.6. The van der Waals surface area contributed by atoms with Gasteiger partial charge in [-0.25, -0.2) is 18.1 Å². The molecule has 8 heteroatoms. The first kappa shape index (κ1) is 21.1. The predicted octanol–water partition coefficient (Wildman–Crippen LogP) is 2.16. The van der Waals surface area contributed by atoms with Gasteiger partial charge in [-0.05, 0) is 37.1 Å². The second-order valence-electron chi connectivity index (χ2n) is 7.40. The third-order valence-corrected chi connectivity index (χ3v) is 5.59. The van der Waals surface area contributed by atoms with Crippen LogP contribution >= 0.6 is 0 Å². The van der Waals surface area contributed by atoms with E-state index in [1.165, 1.54) is 12.6 Å². The van der Waals surface area contributed by atoms with Crippen LogP contribution in [-0.4, -0.2) is 38.7 Å². The summed E-state index contributed by atoms with van der Waals surface area (Å²) in [4.78, 5) is 16.5. The van der Waals surface area contributed by atoms with Crippen LogP contribution in [-0.2, 0) is 26.7 Å². The minimum absolute atomic E-state index is 0.0367. The molecular weight excluding hydrogens is 366 g/mol. The lowest BCUT2D eigenvalue weighted by atomic mass is 9.87. The maximum Gasteiger partial charge on any atom is 0.226 e. The highest BCUT2D eigenvalue weighted by Gasteiger charge is 2.17. The van der Waals surface area contributed by atoms with E-state index in [1.807, 2.05) is 24.3 Å². The van der Waals surface area contributed by atoms with Gasteiger partial charge in [-0.2, -0.15) is 0 Å². The lowest BCUT2D eigenvalue weighted by molar-refractivity contribution is -0.120. The third kappa shape index (κ3) is 5.90. The molecule has 1 amide bonds. The second-order valence-corrected chi connectivity index (χ2v) is 9.44. The Morgan fingerprint density at radius 3 is 2.37 bits per heavy atom. The fourth-order valence-corrected chi connectivity index (χ4v) is 3.04. The molecule has 1 heterocycles. The van der Waals surface area contributed by atoms with Gasteiger partial charge in [0.2, 0.25) is 21.8 Å². The second kappa shape index (κ2) is 8.22. The number of carbonyl (C=O) groups excluding carboxylic acids is 1. The molecule has 0 radical (unpaired) electrons. The van der Waals surface area contributed by atoms with Crippen molar-refractivity contribution in [2.75, 3.05) is 19.3 Å². The summed E-state index contributed by atoms with van der Waals surface area (Å²) in [5.74, 6) is 0.571. The molecule has 0 unspecified atom stereocenters. The highest BCUT2D eigenvalue weighted by Crippen LogP contribution is 2.27. The molecule has 0 aliphatic heterocycles. The first-order valence-electron chi connectivity index (χ1n) is 8.77. The average molecular weight is 394 g/mol. The predicted molar refractivity (Wildman–Crippen MR) is 105 cm³/mol. The molecule has 0 spiro atoms. The van der Waals surface area contributed by atoms with E-state index in [4.69, 9.17) is 4.42 Å². The molecule has 2 aromatic rings. The molecule has 1 aromatic carbocycles. The first-order valence-corrected chi connectivity index (χ1v) is 10.4. The van der Waals surface area contributed by atoms with Gasteiger partial charge in [-0.15, -0.1) is 0 Å². The highest BCUT2D eigenvalue weighted by atomic mass is 32.2. The number of aromatic nitrogens is 1. The maximum absolute atomic E-state index is 12.0. The van der Waals surface area contributed by atoms with E-state index in [9.17, 15) is 13.2 Å². The van der Waals surface area contributed by atoms with Crippen LogP contribution in [0.15, 0.2) is 28.7 Å². The molecule has 0 fully saturated rings. The molecule has 0 saturated carbocycles. The molecule has 2 rings (SSSR count).